The van der Waals surface area contributed by atoms with Gasteiger partial charge in [-0.25, -0.2) is 8.42 Å². The minimum Gasteiger partial charge on any atom is -0.384 e. The van der Waals surface area contributed by atoms with E-state index in [0.717, 1.165) is 27.8 Å². The number of carbonyl (C=O) groups excluding carboxylic acids is 3. The summed E-state index contributed by atoms with van der Waals surface area (Å²) >= 11 is 1.34. The van der Waals surface area contributed by atoms with Crippen LogP contribution >= 0.6 is 11.3 Å². The number of amidine groups is 1. The van der Waals surface area contributed by atoms with Gasteiger partial charge >= 0.3 is 0 Å². The van der Waals surface area contributed by atoms with Gasteiger partial charge in [-0.1, -0.05) is 37.3 Å². The van der Waals surface area contributed by atoms with Crippen molar-refractivity contribution in [1.29, 1.82) is 5.41 Å². The molecule has 10 nitrogen and oxygen atoms in total. The number of benzene rings is 2. The van der Waals surface area contributed by atoms with Gasteiger partial charge in [-0.15, -0.1) is 11.3 Å². The summed E-state index contributed by atoms with van der Waals surface area (Å²) in [7, 11) is -3.53. The highest BCUT2D eigenvalue weighted by Gasteiger charge is 2.43. The standard InChI is InChI=1S/C30H33N5O5S2/c1-16-21-6-4-5-7-22(21)23-9-8-18(10-24(16)23)29(37)33-13-27(36)35-14-20(42(3,39)40)12-25(35)30(38)34-17(2)26-11-19(15-41-26)28(31)32/h4-11,15-17,20,25H,12-14H2,1-3H3,(H3,31,32)(H,33,37)(H,34,38)/t16?,17-,20-,25+/m1/s1. The Balaban J connectivity index is 1.26. The smallest absolute Gasteiger partial charge is 0.251 e. The maximum atomic E-state index is 13.3. The lowest BCUT2D eigenvalue weighted by Gasteiger charge is -2.25. The van der Waals surface area contributed by atoms with Crippen LogP contribution in [0.3, 0.4) is 0 Å². The molecular formula is C30H33N5O5S2. The summed E-state index contributed by atoms with van der Waals surface area (Å²) in [6.45, 7) is 3.34. The summed E-state index contributed by atoms with van der Waals surface area (Å²) in [6.07, 6.45) is 1.05. The molecule has 220 valence electrons. The van der Waals surface area contributed by atoms with E-state index in [-0.39, 0.29) is 31.3 Å². The van der Waals surface area contributed by atoms with Crippen molar-refractivity contribution in [2.24, 2.45) is 5.73 Å². The predicted octanol–water partition coefficient (Wildman–Crippen LogP) is 2.79. The number of nitrogens with one attached hydrogen (secondary N) is 3. The fourth-order valence-corrected chi connectivity index (χ4v) is 7.57. The van der Waals surface area contributed by atoms with Crippen LogP contribution in [0.4, 0.5) is 0 Å². The molecule has 0 bridgehead atoms. The lowest BCUT2D eigenvalue weighted by molar-refractivity contribution is -0.137. The van der Waals surface area contributed by atoms with Crippen LogP contribution in [0.1, 0.15) is 64.2 Å². The van der Waals surface area contributed by atoms with Crippen molar-refractivity contribution >= 4 is 44.7 Å². The number of amides is 3. The highest BCUT2D eigenvalue weighted by molar-refractivity contribution is 7.91. The van der Waals surface area contributed by atoms with Crippen molar-refractivity contribution in [3.63, 3.8) is 0 Å². The minimum absolute atomic E-state index is 0.0382. The second kappa shape index (κ2) is 11.3. The molecule has 1 aliphatic heterocycles. The zero-order valence-corrected chi connectivity index (χ0v) is 25.1. The number of hydrogen-bond donors (Lipinski definition) is 4. The van der Waals surface area contributed by atoms with E-state index in [9.17, 15) is 22.8 Å². The van der Waals surface area contributed by atoms with Crippen LogP contribution in [0.5, 0.6) is 0 Å². The fourth-order valence-electron chi connectivity index (χ4n) is 5.69. The molecule has 3 aromatic rings. The van der Waals surface area contributed by atoms with Crippen molar-refractivity contribution in [2.45, 2.75) is 43.5 Å². The van der Waals surface area contributed by atoms with Crippen molar-refractivity contribution in [1.82, 2.24) is 15.5 Å². The Morgan fingerprint density at radius 1 is 1.10 bits per heavy atom. The van der Waals surface area contributed by atoms with Gasteiger partial charge in [-0.3, -0.25) is 19.8 Å². The Bertz CT molecular complexity index is 1700. The second-order valence-corrected chi connectivity index (χ2v) is 14.2. The van der Waals surface area contributed by atoms with E-state index in [1.54, 1.807) is 24.4 Å². The number of sulfone groups is 1. The van der Waals surface area contributed by atoms with Crippen LogP contribution in [0, 0.1) is 5.41 Å². The number of hydrogen-bond acceptors (Lipinski definition) is 7. The van der Waals surface area contributed by atoms with Crippen LogP contribution in [-0.4, -0.2) is 67.5 Å². The highest BCUT2D eigenvalue weighted by Crippen LogP contribution is 2.44. The third kappa shape index (κ3) is 5.68. The quantitative estimate of drug-likeness (QED) is 0.227. The number of fused-ring (bicyclic) bond motifs is 3. The Labute approximate surface area is 248 Å². The molecule has 2 aliphatic rings. The summed E-state index contributed by atoms with van der Waals surface area (Å²) in [5, 5.41) is 13.9. The average Bonchev–Trinajstić information content (AvgIpc) is 3.69. The first kappa shape index (κ1) is 29.5. The predicted molar refractivity (Wildman–Crippen MR) is 162 cm³/mol. The maximum Gasteiger partial charge on any atom is 0.251 e. The molecule has 1 saturated heterocycles. The maximum absolute atomic E-state index is 13.3. The number of nitrogens with two attached hydrogens (primary N) is 1. The van der Waals surface area contributed by atoms with Gasteiger partial charge in [0, 0.05) is 40.1 Å². The van der Waals surface area contributed by atoms with Crippen molar-refractivity contribution < 1.29 is 22.8 Å². The number of thiophene rings is 1. The van der Waals surface area contributed by atoms with Crippen LogP contribution in [-0.2, 0) is 19.4 Å². The van der Waals surface area contributed by atoms with Crippen molar-refractivity contribution in [3.05, 3.63) is 81.0 Å². The summed E-state index contributed by atoms with van der Waals surface area (Å²) in [6, 6.07) is 13.9. The van der Waals surface area contributed by atoms with Gasteiger partial charge in [-0.2, -0.15) is 0 Å². The van der Waals surface area contributed by atoms with Gasteiger partial charge in [0.25, 0.3) is 5.91 Å². The zero-order chi connectivity index (χ0) is 30.3. The number of nitrogen functional groups attached to an aromatic ring is 1. The lowest BCUT2D eigenvalue weighted by atomic mass is 9.97. The highest BCUT2D eigenvalue weighted by atomic mass is 32.2. The summed E-state index contributed by atoms with van der Waals surface area (Å²) in [5.41, 5.74) is 11.0. The summed E-state index contributed by atoms with van der Waals surface area (Å²) in [5.74, 6) is -1.41. The first-order valence-electron chi connectivity index (χ1n) is 13.6. The molecule has 1 aliphatic carbocycles. The zero-order valence-electron chi connectivity index (χ0n) is 23.5. The molecular weight excluding hydrogens is 574 g/mol. The number of carbonyl (C=O) groups is 3. The normalized spacial score (nSPS) is 20.0. The molecule has 0 saturated carbocycles. The average molecular weight is 608 g/mol. The van der Waals surface area contributed by atoms with Crippen molar-refractivity contribution in [2.75, 3.05) is 19.3 Å². The summed E-state index contributed by atoms with van der Waals surface area (Å²) < 4.78 is 24.7. The Morgan fingerprint density at radius 2 is 1.81 bits per heavy atom. The third-order valence-electron chi connectivity index (χ3n) is 8.11. The molecule has 42 heavy (non-hydrogen) atoms. The second-order valence-electron chi connectivity index (χ2n) is 10.9. The van der Waals surface area contributed by atoms with Crippen LogP contribution in [0.2, 0.25) is 0 Å². The lowest BCUT2D eigenvalue weighted by Crippen LogP contribution is -2.49. The van der Waals surface area contributed by atoms with Gasteiger partial charge < -0.3 is 21.3 Å². The molecule has 1 aromatic heterocycles. The van der Waals surface area contributed by atoms with E-state index in [0.29, 0.717) is 11.1 Å². The molecule has 12 heteroatoms. The number of likely N-dealkylation sites (tertiary alicyclic amines) is 1. The molecule has 2 aromatic carbocycles. The van der Waals surface area contributed by atoms with Crippen LogP contribution in [0.25, 0.3) is 11.1 Å². The molecule has 5 rings (SSSR count). The monoisotopic (exact) mass is 607 g/mol. The van der Waals surface area contributed by atoms with E-state index < -0.39 is 44.9 Å². The Hall–Kier alpha value is -4.03. The van der Waals surface area contributed by atoms with E-state index in [1.807, 2.05) is 24.3 Å². The molecule has 1 fully saturated rings. The van der Waals surface area contributed by atoms with Crippen LogP contribution < -0.4 is 16.4 Å². The Morgan fingerprint density at radius 3 is 2.50 bits per heavy atom. The Kier molecular flexibility index (Phi) is 7.95. The largest absolute Gasteiger partial charge is 0.384 e. The van der Waals surface area contributed by atoms with Gasteiger partial charge in [0.2, 0.25) is 11.8 Å². The molecule has 0 radical (unpaired) electrons. The van der Waals surface area contributed by atoms with E-state index in [4.69, 9.17) is 11.1 Å². The molecule has 5 N–H and O–H groups in total. The first-order chi connectivity index (χ1) is 19.8. The SMILES string of the molecule is CC1c2ccccc2-c2ccc(C(=O)NCC(=O)N3C[C@H](S(C)(=O)=O)C[C@H]3C(=O)N[C@H](C)c3cc(C(=N)N)cs3)cc21. The van der Waals surface area contributed by atoms with Gasteiger partial charge in [-0.05, 0) is 53.8 Å². The first-order valence-corrected chi connectivity index (χ1v) is 16.4. The minimum atomic E-state index is -3.53. The van der Waals surface area contributed by atoms with Gasteiger partial charge in [0.1, 0.15) is 11.9 Å². The molecule has 2 heterocycles. The van der Waals surface area contributed by atoms with Crippen molar-refractivity contribution in [3.8, 4) is 11.1 Å². The van der Waals surface area contributed by atoms with Gasteiger partial charge in [0.15, 0.2) is 9.84 Å². The third-order valence-corrected chi connectivity index (χ3v) is 10.8. The van der Waals surface area contributed by atoms with E-state index >= 15 is 0 Å². The number of nitrogens with zero attached hydrogens (tertiary/aromatic N) is 1. The van der Waals surface area contributed by atoms with Gasteiger partial charge in [0.05, 0.1) is 17.8 Å². The molecule has 1 unspecified atom stereocenters. The molecule has 4 atom stereocenters. The number of rotatable bonds is 8. The summed E-state index contributed by atoms with van der Waals surface area (Å²) in [4.78, 5) is 41.7. The van der Waals surface area contributed by atoms with E-state index in [2.05, 4.69) is 29.7 Å². The molecule has 3 amide bonds. The topological polar surface area (TPSA) is 163 Å². The van der Waals surface area contributed by atoms with Crippen LogP contribution in [0.15, 0.2) is 53.9 Å². The fraction of sp³-hybridized carbons (Fsp3) is 0.333. The van der Waals surface area contributed by atoms with E-state index in [1.165, 1.54) is 21.8 Å². The molecule has 0 spiro atoms.